The molecule has 0 aliphatic heterocycles. The lowest BCUT2D eigenvalue weighted by molar-refractivity contribution is 0.340. The maximum Gasteiger partial charge on any atom is 0.243 e. The molecule has 0 aliphatic rings. The summed E-state index contributed by atoms with van der Waals surface area (Å²) in [4.78, 5) is 0.199. The third-order valence-corrected chi connectivity index (χ3v) is 7.65. The van der Waals surface area contributed by atoms with Gasteiger partial charge in [0.1, 0.15) is 12.4 Å². The highest BCUT2D eigenvalue weighted by molar-refractivity contribution is 7.91. The number of sulfonamides is 1. The van der Waals surface area contributed by atoms with E-state index in [-0.39, 0.29) is 29.0 Å². The van der Waals surface area contributed by atoms with Gasteiger partial charge in [-0.05, 0) is 37.1 Å². The summed E-state index contributed by atoms with van der Waals surface area (Å²) >= 11 is 0. The molecule has 0 bridgehead atoms. The van der Waals surface area contributed by atoms with Crippen molar-refractivity contribution in [2.75, 3.05) is 25.2 Å². The van der Waals surface area contributed by atoms with E-state index in [2.05, 4.69) is 0 Å². The minimum absolute atomic E-state index is 0.0369. The fourth-order valence-corrected chi connectivity index (χ4v) is 4.43. The topological polar surface area (TPSA) is 80.8 Å². The van der Waals surface area contributed by atoms with Gasteiger partial charge in [-0.2, -0.15) is 4.31 Å². The van der Waals surface area contributed by atoms with E-state index in [0.717, 1.165) is 12.8 Å². The summed E-state index contributed by atoms with van der Waals surface area (Å²) in [6.07, 6.45) is 1.50. The first-order chi connectivity index (χ1) is 11.2. The Morgan fingerprint density at radius 3 is 2.00 bits per heavy atom. The molecule has 0 N–H and O–H groups in total. The van der Waals surface area contributed by atoms with E-state index < -0.39 is 19.9 Å². The first-order valence-electron chi connectivity index (χ1n) is 8.09. The van der Waals surface area contributed by atoms with E-state index in [0.29, 0.717) is 5.75 Å². The lowest BCUT2D eigenvalue weighted by atomic mass is 10.2. The van der Waals surface area contributed by atoms with E-state index in [9.17, 15) is 16.8 Å². The summed E-state index contributed by atoms with van der Waals surface area (Å²) in [5.41, 5.74) is 0. The van der Waals surface area contributed by atoms with Crippen LogP contribution in [0.2, 0.25) is 0 Å². The number of hydrogen-bond donors (Lipinski definition) is 0. The van der Waals surface area contributed by atoms with E-state index in [1.54, 1.807) is 26.1 Å². The summed E-state index contributed by atoms with van der Waals surface area (Å²) in [6.45, 7) is 5.56. The molecule has 0 spiro atoms. The molecule has 0 heterocycles. The van der Waals surface area contributed by atoms with Crippen molar-refractivity contribution >= 4 is 19.9 Å². The number of hydrogen-bond acceptors (Lipinski definition) is 5. The maximum absolute atomic E-state index is 12.6. The van der Waals surface area contributed by atoms with E-state index in [1.165, 1.54) is 16.4 Å². The van der Waals surface area contributed by atoms with Gasteiger partial charge in [-0.25, -0.2) is 16.8 Å². The minimum atomic E-state index is -3.54. The Kier molecular flexibility index (Phi) is 7.69. The zero-order valence-electron chi connectivity index (χ0n) is 14.7. The Labute approximate surface area is 145 Å². The molecule has 24 heavy (non-hydrogen) atoms. The Balaban J connectivity index is 2.80. The minimum Gasteiger partial charge on any atom is -0.493 e. The van der Waals surface area contributed by atoms with Crippen LogP contribution in [-0.2, 0) is 19.9 Å². The SMILES string of the molecule is CCC(CC)N(C)S(=O)(=O)c1ccc(OCCS(=O)(=O)CC)cc1. The van der Waals surface area contributed by atoms with Crippen molar-refractivity contribution in [3.8, 4) is 5.75 Å². The fourth-order valence-electron chi connectivity index (χ4n) is 2.30. The third-order valence-electron chi connectivity index (χ3n) is 4.06. The first-order valence-corrected chi connectivity index (χ1v) is 11.3. The van der Waals surface area contributed by atoms with Crippen LogP contribution in [0.15, 0.2) is 29.2 Å². The summed E-state index contributed by atoms with van der Waals surface area (Å²) in [7, 11) is -5.03. The summed E-state index contributed by atoms with van der Waals surface area (Å²) in [5.74, 6) is 0.474. The zero-order chi connectivity index (χ0) is 18.4. The van der Waals surface area contributed by atoms with Crippen LogP contribution >= 0.6 is 0 Å². The quantitative estimate of drug-likeness (QED) is 0.625. The van der Waals surface area contributed by atoms with Crippen molar-refractivity contribution in [1.82, 2.24) is 4.31 Å². The van der Waals surface area contributed by atoms with Crippen LogP contribution < -0.4 is 4.74 Å². The number of rotatable bonds is 10. The predicted molar refractivity (Wildman–Crippen MR) is 95.6 cm³/mol. The number of sulfone groups is 1. The van der Waals surface area contributed by atoms with Crippen molar-refractivity contribution in [2.24, 2.45) is 0 Å². The second-order valence-electron chi connectivity index (χ2n) is 5.55. The molecule has 0 saturated carbocycles. The monoisotopic (exact) mass is 377 g/mol. The standard InChI is InChI=1S/C16H27NO5S2/c1-5-14(6-2)17(4)24(20,21)16-10-8-15(9-11-16)22-12-13-23(18,19)7-3/h8-11,14H,5-7,12-13H2,1-4H3. The average molecular weight is 378 g/mol. The number of ether oxygens (including phenoxy) is 1. The Morgan fingerprint density at radius 1 is 1.00 bits per heavy atom. The molecule has 0 radical (unpaired) electrons. The molecular formula is C16H27NO5S2. The molecule has 0 aliphatic carbocycles. The summed E-state index contributed by atoms with van der Waals surface area (Å²) in [5, 5.41) is 0. The molecular weight excluding hydrogens is 350 g/mol. The molecule has 0 fully saturated rings. The van der Waals surface area contributed by atoms with Gasteiger partial charge in [0.25, 0.3) is 0 Å². The van der Waals surface area contributed by atoms with Crippen LogP contribution in [0.4, 0.5) is 0 Å². The van der Waals surface area contributed by atoms with Gasteiger partial charge in [0, 0.05) is 18.8 Å². The van der Waals surface area contributed by atoms with Gasteiger partial charge in [0.15, 0.2) is 9.84 Å². The van der Waals surface area contributed by atoms with Gasteiger partial charge in [0.2, 0.25) is 10.0 Å². The summed E-state index contributed by atoms with van der Waals surface area (Å²) < 4.78 is 54.8. The van der Waals surface area contributed by atoms with Crippen molar-refractivity contribution in [2.45, 2.75) is 44.6 Å². The highest BCUT2D eigenvalue weighted by atomic mass is 32.2. The van der Waals surface area contributed by atoms with Gasteiger partial charge in [-0.15, -0.1) is 0 Å². The molecule has 8 heteroatoms. The van der Waals surface area contributed by atoms with E-state index in [4.69, 9.17) is 4.74 Å². The molecule has 1 rings (SSSR count). The fraction of sp³-hybridized carbons (Fsp3) is 0.625. The Bertz CT molecular complexity index is 707. The molecule has 6 nitrogen and oxygen atoms in total. The van der Waals surface area contributed by atoms with E-state index >= 15 is 0 Å². The summed E-state index contributed by atoms with van der Waals surface area (Å²) in [6, 6.07) is 6.03. The molecule has 1 aromatic carbocycles. The number of nitrogens with zero attached hydrogens (tertiary/aromatic N) is 1. The Morgan fingerprint density at radius 2 is 1.54 bits per heavy atom. The molecule has 0 saturated heterocycles. The van der Waals surface area contributed by atoms with Crippen LogP contribution in [0.1, 0.15) is 33.6 Å². The number of benzene rings is 1. The smallest absolute Gasteiger partial charge is 0.243 e. The average Bonchev–Trinajstić information content (AvgIpc) is 2.56. The highest BCUT2D eigenvalue weighted by Crippen LogP contribution is 2.22. The lowest BCUT2D eigenvalue weighted by Gasteiger charge is -2.25. The van der Waals surface area contributed by atoms with Crippen LogP contribution in [-0.4, -0.2) is 52.3 Å². The molecule has 1 aromatic rings. The molecule has 0 unspecified atom stereocenters. The molecule has 138 valence electrons. The first kappa shape index (κ1) is 20.9. The maximum atomic E-state index is 12.6. The van der Waals surface area contributed by atoms with E-state index in [1.807, 2.05) is 13.8 Å². The lowest BCUT2D eigenvalue weighted by Crippen LogP contribution is -2.36. The largest absolute Gasteiger partial charge is 0.493 e. The van der Waals surface area contributed by atoms with Crippen molar-refractivity contribution in [1.29, 1.82) is 0 Å². The normalized spacial score (nSPS) is 12.8. The van der Waals surface area contributed by atoms with Gasteiger partial charge >= 0.3 is 0 Å². The predicted octanol–water partition coefficient (Wildman–Crippen LogP) is 2.31. The second-order valence-corrected chi connectivity index (χ2v) is 10.0. The van der Waals surface area contributed by atoms with Gasteiger partial charge < -0.3 is 4.74 Å². The van der Waals surface area contributed by atoms with Gasteiger partial charge in [-0.1, -0.05) is 20.8 Å². The van der Waals surface area contributed by atoms with Crippen LogP contribution in [0.3, 0.4) is 0 Å². The van der Waals surface area contributed by atoms with Crippen LogP contribution in [0, 0.1) is 0 Å². The molecule has 0 amide bonds. The Hall–Kier alpha value is -1.12. The molecule has 0 aromatic heterocycles. The van der Waals surface area contributed by atoms with Crippen LogP contribution in [0.25, 0.3) is 0 Å². The zero-order valence-corrected chi connectivity index (χ0v) is 16.4. The van der Waals surface area contributed by atoms with Crippen molar-refractivity contribution in [3.63, 3.8) is 0 Å². The third kappa shape index (κ3) is 5.46. The second kappa shape index (κ2) is 8.82. The highest BCUT2D eigenvalue weighted by Gasteiger charge is 2.25. The van der Waals surface area contributed by atoms with Gasteiger partial charge in [0.05, 0.1) is 10.6 Å². The van der Waals surface area contributed by atoms with Crippen molar-refractivity contribution < 1.29 is 21.6 Å². The van der Waals surface area contributed by atoms with Crippen LogP contribution in [0.5, 0.6) is 5.75 Å². The molecule has 0 atom stereocenters. The van der Waals surface area contributed by atoms with Gasteiger partial charge in [-0.3, -0.25) is 0 Å². The van der Waals surface area contributed by atoms with Crippen molar-refractivity contribution in [3.05, 3.63) is 24.3 Å².